The van der Waals surface area contributed by atoms with Crippen molar-refractivity contribution in [3.63, 3.8) is 0 Å². The molecule has 6 heteroatoms. The van der Waals surface area contributed by atoms with E-state index in [0.717, 1.165) is 29.7 Å². The molecule has 1 aromatic carbocycles. The number of fused-ring (bicyclic) bond motifs is 1. The molecule has 0 saturated carbocycles. The van der Waals surface area contributed by atoms with Gasteiger partial charge in [0.25, 0.3) is 0 Å². The van der Waals surface area contributed by atoms with Crippen LogP contribution in [0.2, 0.25) is 0 Å². The van der Waals surface area contributed by atoms with Crippen molar-refractivity contribution in [2.75, 3.05) is 18.1 Å². The van der Waals surface area contributed by atoms with E-state index in [-0.39, 0.29) is 18.6 Å². The van der Waals surface area contributed by atoms with Gasteiger partial charge in [-0.3, -0.25) is 9.69 Å². The smallest absolute Gasteiger partial charge is 0.414 e. The summed E-state index contributed by atoms with van der Waals surface area (Å²) in [6.45, 7) is 2.07. The Balaban J connectivity index is 1.83. The summed E-state index contributed by atoms with van der Waals surface area (Å²) in [5, 5.41) is 12.5. The molecule has 2 unspecified atom stereocenters. The van der Waals surface area contributed by atoms with Gasteiger partial charge in [0.05, 0.1) is 12.1 Å². The Kier molecular flexibility index (Phi) is 3.55. The summed E-state index contributed by atoms with van der Waals surface area (Å²) >= 11 is 0. The van der Waals surface area contributed by atoms with Crippen LogP contribution >= 0.6 is 0 Å². The molecule has 0 bridgehead atoms. The summed E-state index contributed by atoms with van der Waals surface area (Å²) in [4.78, 5) is 24.5. The molecule has 0 spiro atoms. The Bertz CT molecular complexity index is 587. The quantitative estimate of drug-likeness (QED) is 0.874. The molecule has 1 saturated heterocycles. The lowest BCUT2D eigenvalue weighted by atomic mass is 10.1. The monoisotopic (exact) mass is 290 g/mol. The molecule has 21 heavy (non-hydrogen) atoms. The third-order valence-corrected chi connectivity index (χ3v) is 4.00. The zero-order chi connectivity index (χ0) is 15.0. The standard InChI is InChI=1S/C15H18N2O4/c1-9(18)16-7-12-8-21-15(20)17(12)11-3-4-13-10(6-11)2-5-14(13)19/h3-4,6,12,14,19H,2,5,7-8H2,1H3,(H,16,18). The minimum absolute atomic E-state index is 0.133. The predicted molar refractivity (Wildman–Crippen MR) is 76.0 cm³/mol. The SMILES string of the molecule is CC(=O)NCC1COC(=O)N1c1ccc2c(c1)CCC2O. The second-order valence-electron chi connectivity index (χ2n) is 5.48. The van der Waals surface area contributed by atoms with E-state index >= 15 is 0 Å². The number of cyclic esters (lactones) is 1. The molecule has 1 aromatic rings. The molecule has 1 aliphatic heterocycles. The van der Waals surface area contributed by atoms with E-state index in [0.29, 0.717) is 6.54 Å². The van der Waals surface area contributed by atoms with Crippen LogP contribution in [0.15, 0.2) is 18.2 Å². The van der Waals surface area contributed by atoms with Gasteiger partial charge in [-0.05, 0) is 36.1 Å². The highest BCUT2D eigenvalue weighted by atomic mass is 16.6. The number of amides is 2. The summed E-state index contributed by atoms with van der Waals surface area (Å²) in [6, 6.07) is 5.41. The van der Waals surface area contributed by atoms with Crippen LogP contribution in [0.3, 0.4) is 0 Å². The van der Waals surface area contributed by atoms with Crippen LogP contribution in [0, 0.1) is 0 Å². The summed E-state index contributed by atoms with van der Waals surface area (Å²) in [5.74, 6) is -0.133. The highest BCUT2D eigenvalue weighted by molar-refractivity contribution is 5.90. The largest absolute Gasteiger partial charge is 0.447 e. The molecule has 2 atom stereocenters. The lowest BCUT2D eigenvalue weighted by Gasteiger charge is -2.22. The van der Waals surface area contributed by atoms with Crippen molar-refractivity contribution in [1.82, 2.24) is 5.32 Å². The summed E-state index contributed by atoms with van der Waals surface area (Å²) in [5.41, 5.74) is 2.75. The molecule has 1 fully saturated rings. The van der Waals surface area contributed by atoms with Gasteiger partial charge in [-0.25, -0.2) is 4.79 Å². The minimum atomic E-state index is -0.408. The maximum atomic E-state index is 11.9. The predicted octanol–water partition coefficient (Wildman–Crippen LogP) is 1.13. The Morgan fingerprint density at radius 1 is 1.52 bits per heavy atom. The normalized spacial score (nSPS) is 23.9. The van der Waals surface area contributed by atoms with E-state index in [1.807, 2.05) is 18.2 Å². The fourth-order valence-corrected chi connectivity index (χ4v) is 2.92. The van der Waals surface area contributed by atoms with Crippen LogP contribution in [0.1, 0.15) is 30.6 Å². The number of aryl methyl sites for hydroxylation is 1. The molecule has 0 radical (unpaired) electrons. The van der Waals surface area contributed by atoms with Gasteiger partial charge < -0.3 is 15.2 Å². The number of rotatable bonds is 3. The maximum Gasteiger partial charge on any atom is 0.414 e. The van der Waals surface area contributed by atoms with Gasteiger partial charge in [-0.1, -0.05) is 6.07 Å². The summed E-state index contributed by atoms with van der Waals surface area (Å²) in [6.07, 6.45) is 0.723. The number of benzene rings is 1. The third kappa shape index (κ3) is 2.58. The van der Waals surface area contributed by atoms with Gasteiger partial charge in [0, 0.05) is 19.2 Å². The van der Waals surface area contributed by atoms with Gasteiger partial charge in [0.15, 0.2) is 0 Å². The number of nitrogens with zero attached hydrogens (tertiary/aromatic N) is 1. The van der Waals surface area contributed by atoms with E-state index in [4.69, 9.17) is 4.74 Å². The van der Waals surface area contributed by atoms with Crippen LogP contribution in [0.4, 0.5) is 10.5 Å². The first-order chi connectivity index (χ1) is 10.1. The highest BCUT2D eigenvalue weighted by Gasteiger charge is 2.35. The number of aliphatic hydroxyl groups is 1. The first-order valence-electron chi connectivity index (χ1n) is 7.07. The molecular formula is C15H18N2O4. The van der Waals surface area contributed by atoms with Crippen molar-refractivity contribution < 1.29 is 19.4 Å². The van der Waals surface area contributed by atoms with Crippen molar-refractivity contribution in [3.8, 4) is 0 Å². The topological polar surface area (TPSA) is 78.9 Å². The first-order valence-corrected chi connectivity index (χ1v) is 7.07. The molecule has 2 N–H and O–H groups in total. The fraction of sp³-hybridized carbons (Fsp3) is 0.467. The number of carbonyl (C=O) groups is 2. The van der Waals surface area contributed by atoms with Gasteiger partial charge in [-0.2, -0.15) is 0 Å². The molecular weight excluding hydrogens is 272 g/mol. The van der Waals surface area contributed by atoms with Crippen LogP contribution in [-0.4, -0.2) is 36.3 Å². The first kappa shape index (κ1) is 13.9. The Hall–Kier alpha value is -2.08. The number of anilines is 1. The fourth-order valence-electron chi connectivity index (χ4n) is 2.92. The van der Waals surface area contributed by atoms with E-state index in [2.05, 4.69) is 5.32 Å². The molecule has 2 aliphatic rings. The lowest BCUT2D eigenvalue weighted by Crippen LogP contribution is -2.42. The lowest BCUT2D eigenvalue weighted by molar-refractivity contribution is -0.119. The molecule has 2 amide bonds. The third-order valence-electron chi connectivity index (χ3n) is 4.00. The number of hydrogen-bond acceptors (Lipinski definition) is 4. The van der Waals surface area contributed by atoms with E-state index in [9.17, 15) is 14.7 Å². The average Bonchev–Trinajstić information content (AvgIpc) is 3.00. The minimum Gasteiger partial charge on any atom is -0.447 e. The maximum absolute atomic E-state index is 11.9. The van der Waals surface area contributed by atoms with Crippen molar-refractivity contribution >= 4 is 17.7 Å². The Labute approximate surface area is 122 Å². The summed E-state index contributed by atoms with van der Waals surface area (Å²) in [7, 11) is 0. The van der Waals surface area contributed by atoms with E-state index in [1.54, 1.807) is 4.90 Å². The van der Waals surface area contributed by atoms with Gasteiger partial charge in [-0.15, -0.1) is 0 Å². The van der Waals surface area contributed by atoms with Crippen LogP contribution < -0.4 is 10.2 Å². The van der Waals surface area contributed by atoms with Crippen LogP contribution in [0.5, 0.6) is 0 Å². The van der Waals surface area contributed by atoms with Gasteiger partial charge >= 0.3 is 6.09 Å². The number of carbonyl (C=O) groups excluding carboxylic acids is 2. The zero-order valence-corrected chi connectivity index (χ0v) is 11.8. The number of hydrogen-bond donors (Lipinski definition) is 2. The molecule has 112 valence electrons. The number of ether oxygens (including phenoxy) is 1. The molecule has 1 heterocycles. The number of nitrogens with one attached hydrogen (secondary N) is 1. The van der Waals surface area contributed by atoms with Crippen LogP contribution in [0.25, 0.3) is 0 Å². The van der Waals surface area contributed by atoms with Crippen molar-refractivity contribution in [3.05, 3.63) is 29.3 Å². The average molecular weight is 290 g/mol. The second kappa shape index (κ2) is 5.37. The molecule has 1 aliphatic carbocycles. The van der Waals surface area contributed by atoms with Crippen molar-refractivity contribution in [2.24, 2.45) is 0 Å². The second-order valence-corrected chi connectivity index (χ2v) is 5.48. The number of aliphatic hydroxyl groups excluding tert-OH is 1. The van der Waals surface area contributed by atoms with Crippen LogP contribution in [-0.2, 0) is 16.0 Å². The molecule has 6 nitrogen and oxygen atoms in total. The Morgan fingerprint density at radius 3 is 3.10 bits per heavy atom. The highest BCUT2D eigenvalue weighted by Crippen LogP contribution is 2.34. The van der Waals surface area contributed by atoms with E-state index in [1.165, 1.54) is 6.92 Å². The van der Waals surface area contributed by atoms with Crippen molar-refractivity contribution in [1.29, 1.82) is 0 Å². The molecule has 3 rings (SSSR count). The van der Waals surface area contributed by atoms with Gasteiger partial charge in [0.2, 0.25) is 5.91 Å². The Morgan fingerprint density at radius 2 is 2.33 bits per heavy atom. The zero-order valence-electron chi connectivity index (χ0n) is 11.8. The van der Waals surface area contributed by atoms with Gasteiger partial charge in [0.1, 0.15) is 6.61 Å². The molecule has 0 aromatic heterocycles. The van der Waals surface area contributed by atoms with Crippen molar-refractivity contribution in [2.45, 2.75) is 31.9 Å². The summed E-state index contributed by atoms with van der Waals surface area (Å²) < 4.78 is 5.09. The van der Waals surface area contributed by atoms with E-state index < -0.39 is 12.2 Å².